The van der Waals surface area contributed by atoms with E-state index in [1.165, 1.54) is 132 Å². The zero-order valence-corrected chi connectivity index (χ0v) is 20.4. The summed E-state index contributed by atoms with van der Waals surface area (Å²) in [6.45, 7) is 2.30. The molecule has 0 rings (SSSR count). The van der Waals surface area contributed by atoms with Gasteiger partial charge in [0.15, 0.2) is 0 Å². The third-order valence-corrected chi connectivity index (χ3v) is 5.40. The molecule has 0 radical (unpaired) electrons. The van der Waals surface area contributed by atoms with Crippen molar-refractivity contribution < 1.29 is 19.2 Å². The van der Waals surface area contributed by atoms with E-state index in [-0.39, 0.29) is 0 Å². The molecule has 0 N–H and O–H groups in total. The minimum atomic E-state index is -5.39. The number of hydrogen-bond acceptors (Lipinski definition) is 4. The predicted octanol–water partition coefficient (Wildman–Crippen LogP) is 4.01. The van der Waals surface area contributed by atoms with Crippen LogP contribution in [0.1, 0.15) is 110 Å². The molecule has 0 bridgehead atoms. The van der Waals surface area contributed by atoms with Crippen LogP contribution in [0.5, 0.6) is 0 Å². The Balaban J connectivity index is 0. The topological polar surface area (TPSA) is 86.2 Å². The van der Waals surface area contributed by atoms with Crippen molar-refractivity contribution in [2.24, 2.45) is 0 Å². The van der Waals surface area contributed by atoms with Crippen molar-refractivity contribution in [1.29, 1.82) is 0 Å². The fraction of sp³-hybridized carbons (Fsp3) is 1.00. The van der Waals surface area contributed by atoms with E-state index in [2.05, 4.69) is 6.92 Å². The van der Waals surface area contributed by atoms with Gasteiger partial charge in [-0.05, 0) is 0 Å². The van der Waals surface area contributed by atoms with E-state index in [4.69, 9.17) is 19.2 Å². The Hall–Kier alpha value is 1.03. The normalized spacial score (nSPS) is 11.2. The molecular weight excluding hydrogens is 518 g/mol. The summed E-state index contributed by atoms with van der Waals surface area (Å²) < 4.78 is 10.1. The second-order valence-electron chi connectivity index (χ2n) is 6.50. The molecule has 4 nitrogen and oxygen atoms in total. The molecule has 0 saturated heterocycles. The number of rotatable bonds is 16. The fourth-order valence-electron chi connectivity index (χ4n) is 2.67. The zero-order chi connectivity index (χ0) is 18.5. The minimum absolute atomic E-state index is 1.38. The van der Waals surface area contributed by atoms with Gasteiger partial charge >= 0.3 is 100 Å². The molecule has 0 amide bonds. The Kier molecular flexibility index (Phi) is 25.1. The van der Waals surface area contributed by atoms with E-state index in [1.807, 2.05) is 0 Å². The SMILES string of the molecule is CCCCCCCCCCCCCCCCC[CH2][Pb+3].O=P([O-])([O-])[O-]. The molecule has 0 heterocycles. The monoisotopic (exact) mass is 556 g/mol. The van der Waals surface area contributed by atoms with Crippen LogP contribution in [0.3, 0.4) is 0 Å². The van der Waals surface area contributed by atoms with Gasteiger partial charge in [-0.15, -0.1) is 0 Å². The van der Waals surface area contributed by atoms with E-state index in [0.717, 1.165) is 0 Å². The van der Waals surface area contributed by atoms with Gasteiger partial charge in [-0.2, -0.15) is 7.82 Å². The second-order valence-corrected chi connectivity index (χ2v) is 9.34. The van der Waals surface area contributed by atoms with Gasteiger partial charge < -0.3 is 19.2 Å². The van der Waals surface area contributed by atoms with Gasteiger partial charge in [0.2, 0.25) is 0 Å². The average Bonchev–Trinajstić information content (AvgIpc) is 2.49. The van der Waals surface area contributed by atoms with Crippen LogP contribution in [0.2, 0.25) is 3.98 Å². The summed E-state index contributed by atoms with van der Waals surface area (Å²) in [6, 6.07) is 0. The van der Waals surface area contributed by atoms with Crippen LogP contribution in [0.4, 0.5) is 0 Å². The summed E-state index contributed by atoms with van der Waals surface area (Å²) in [5, 5.41) is 0. The van der Waals surface area contributed by atoms with Crippen LogP contribution in [0.15, 0.2) is 0 Å². The molecule has 0 unspecified atom stereocenters. The number of unbranched alkanes of at least 4 members (excludes halogenated alkanes) is 15. The Morgan fingerprint density at radius 2 is 0.792 bits per heavy atom. The largest absolute Gasteiger partial charge is 0.822 e. The van der Waals surface area contributed by atoms with Crippen LogP contribution >= 0.6 is 7.82 Å². The van der Waals surface area contributed by atoms with Crippen molar-refractivity contribution in [2.75, 3.05) is 0 Å². The smallest absolute Gasteiger partial charge is 0.159 e. The molecule has 142 valence electrons. The maximum absolute atomic E-state index is 8.55. The molecule has 0 aliphatic carbocycles. The molecule has 0 atom stereocenters. The van der Waals surface area contributed by atoms with Gasteiger partial charge in [-0.25, -0.2) is 0 Å². The maximum Gasteiger partial charge on any atom is -0.159 e. The molecule has 24 heavy (non-hydrogen) atoms. The molecule has 0 aromatic carbocycles. The van der Waals surface area contributed by atoms with Crippen LogP contribution in [0, 0.1) is 0 Å². The Labute approximate surface area is 166 Å². The standard InChI is InChI=1S/C18H37.H3O4P.Pb/c1-3-5-7-9-11-13-15-17-18-16-14-12-10-8-6-4-2;1-5(2,3)4;/h1,3-18H2,2H3;(H3,1,2,3,4);/q;;+3/p-3. The van der Waals surface area contributed by atoms with Gasteiger partial charge in [0.05, 0.1) is 0 Å². The first-order chi connectivity index (χ1) is 11.4. The van der Waals surface area contributed by atoms with Crippen molar-refractivity contribution in [3.05, 3.63) is 0 Å². The number of hydrogen-bond donors (Lipinski definition) is 0. The predicted molar refractivity (Wildman–Crippen MR) is 97.7 cm³/mol. The summed E-state index contributed by atoms with van der Waals surface area (Å²) in [4.78, 5) is 25.6. The molecule has 0 spiro atoms. The second kappa shape index (κ2) is 22.1. The number of phosphoric acid groups is 1. The van der Waals surface area contributed by atoms with Crippen molar-refractivity contribution in [2.45, 2.75) is 114 Å². The van der Waals surface area contributed by atoms with E-state index < -0.39 is 7.82 Å². The van der Waals surface area contributed by atoms with Gasteiger partial charge in [0.1, 0.15) is 0 Å². The van der Waals surface area contributed by atoms with Crippen LogP contribution < -0.4 is 14.7 Å². The van der Waals surface area contributed by atoms with E-state index >= 15 is 0 Å². The fourth-order valence-corrected chi connectivity index (χ4v) is 3.64. The Morgan fingerprint density at radius 1 is 0.583 bits per heavy atom. The quantitative estimate of drug-likeness (QED) is 0.164. The van der Waals surface area contributed by atoms with Crippen molar-refractivity contribution in [3.8, 4) is 0 Å². The molecule has 0 aromatic rings. The first-order valence-corrected chi connectivity index (χ1v) is 14.0. The summed E-state index contributed by atoms with van der Waals surface area (Å²) in [5.74, 6) is 0. The first kappa shape index (κ1) is 27.3. The van der Waals surface area contributed by atoms with Gasteiger partial charge in [-0.1, -0.05) is 39.0 Å². The van der Waals surface area contributed by atoms with Gasteiger partial charge in [-0.3, -0.25) is 0 Å². The molecule has 0 aliphatic heterocycles. The summed E-state index contributed by atoms with van der Waals surface area (Å²) in [5.41, 5.74) is 0. The summed E-state index contributed by atoms with van der Waals surface area (Å²) in [7, 11) is -5.39. The van der Waals surface area contributed by atoms with Gasteiger partial charge in [0, 0.05) is 0 Å². The third kappa shape index (κ3) is 38.5. The molecule has 0 aromatic heterocycles. The Bertz CT molecular complexity index is 247. The van der Waals surface area contributed by atoms with Crippen molar-refractivity contribution in [1.82, 2.24) is 0 Å². The van der Waals surface area contributed by atoms with E-state index in [9.17, 15) is 0 Å². The first-order valence-electron chi connectivity index (χ1n) is 9.79. The van der Waals surface area contributed by atoms with Crippen LogP contribution in [-0.2, 0) is 4.57 Å². The zero-order valence-electron chi connectivity index (χ0n) is 15.6. The van der Waals surface area contributed by atoms with Crippen LogP contribution in [-0.4, -0.2) is 25.8 Å². The molecule has 0 saturated carbocycles. The van der Waals surface area contributed by atoms with E-state index in [0.29, 0.717) is 0 Å². The minimum Gasteiger partial charge on any atom is -0.822 e. The maximum atomic E-state index is 8.55. The molecule has 0 fully saturated rings. The molecule has 6 heteroatoms. The van der Waals surface area contributed by atoms with Gasteiger partial charge in [0.25, 0.3) is 0 Å². The third-order valence-electron chi connectivity index (χ3n) is 4.03. The molecular formula is C18H37O4PPb. The van der Waals surface area contributed by atoms with Crippen molar-refractivity contribution in [3.63, 3.8) is 0 Å². The van der Waals surface area contributed by atoms with Crippen LogP contribution in [0.25, 0.3) is 0 Å². The summed E-state index contributed by atoms with van der Waals surface area (Å²) in [6.07, 6.45) is 23.7. The van der Waals surface area contributed by atoms with Crippen molar-refractivity contribution >= 4 is 33.6 Å². The molecule has 0 aliphatic rings. The Morgan fingerprint density at radius 3 is 1.00 bits per heavy atom. The summed E-state index contributed by atoms with van der Waals surface area (Å²) >= 11 is 1.41. The van der Waals surface area contributed by atoms with E-state index in [1.54, 1.807) is 0 Å². The average molecular weight is 556 g/mol.